The van der Waals surface area contributed by atoms with Crippen LogP contribution < -0.4 is 11.1 Å². The fourth-order valence-electron chi connectivity index (χ4n) is 1.56. The minimum Gasteiger partial charge on any atom is -0.393 e. The molecule has 1 rings (SSSR count). The molecule has 0 aromatic heterocycles. The molecule has 0 spiro atoms. The van der Waals surface area contributed by atoms with Crippen LogP contribution in [0.3, 0.4) is 0 Å². The first kappa shape index (κ1) is 14.9. The van der Waals surface area contributed by atoms with Gasteiger partial charge in [0.15, 0.2) is 0 Å². The zero-order valence-electron chi connectivity index (χ0n) is 10.0. The van der Waals surface area contributed by atoms with Crippen molar-refractivity contribution in [2.75, 3.05) is 5.32 Å². The standard InChI is InChI=1S/C12H14ClFN2OS/c1-6(2)10(11(15)18)12(17)16-9-5-7(14)3-4-8(9)13/h3-6,10H,1-2H3,(H2,15,18)(H,16,17). The summed E-state index contributed by atoms with van der Waals surface area (Å²) in [6.45, 7) is 3.66. The van der Waals surface area contributed by atoms with Crippen LogP contribution in [0.1, 0.15) is 13.8 Å². The number of anilines is 1. The Labute approximate surface area is 115 Å². The highest BCUT2D eigenvalue weighted by atomic mass is 35.5. The Kier molecular flexibility index (Phi) is 5.04. The van der Waals surface area contributed by atoms with Crippen molar-refractivity contribution in [3.05, 3.63) is 29.0 Å². The van der Waals surface area contributed by atoms with Crippen LogP contribution in [0.4, 0.5) is 10.1 Å². The molecule has 0 radical (unpaired) electrons. The van der Waals surface area contributed by atoms with E-state index in [-0.39, 0.29) is 27.5 Å². The molecule has 18 heavy (non-hydrogen) atoms. The van der Waals surface area contributed by atoms with Crippen LogP contribution in [-0.2, 0) is 4.79 Å². The van der Waals surface area contributed by atoms with Gasteiger partial charge in [0, 0.05) is 0 Å². The van der Waals surface area contributed by atoms with Crippen LogP contribution in [-0.4, -0.2) is 10.9 Å². The van der Waals surface area contributed by atoms with Crippen LogP contribution in [0, 0.1) is 17.7 Å². The summed E-state index contributed by atoms with van der Waals surface area (Å²) in [7, 11) is 0. The van der Waals surface area contributed by atoms with Gasteiger partial charge in [-0.05, 0) is 24.1 Å². The molecule has 98 valence electrons. The van der Waals surface area contributed by atoms with Crippen LogP contribution in [0.5, 0.6) is 0 Å². The second kappa shape index (κ2) is 6.11. The number of benzene rings is 1. The lowest BCUT2D eigenvalue weighted by atomic mass is 9.95. The second-order valence-electron chi connectivity index (χ2n) is 4.24. The summed E-state index contributed by atoms with van der Waals surface area (Å²) in [4.78, 5) is 12.1. The lowest BCUT2D eigenvalue weighted by Crippen LogP contribution is -2.36. The molecule has 1 amide bonds. The Hall–Kier alpha value is -1.20. The highest BCUT2D eigenvalue weighted by molar-refractivity contribution is 7.80. The molecule has 0 fully saturated rings. The highest BCUT2D eigenvalue weighted by Gasteiger charge is 2.25. The number of hydrogen-bond donors (Lipinski definition) is 2. The van der Waals surface area contributed by atoms with Gasteiger partial charge in [0.25, 0.3) is 0 Å². The molecule has 0 aliphatic heterocycles. The number of thiocarbonyl (C=S) groups is 1. The molecule has 0 aliphatic carbocycles. The Morgan fingerprint density at radius 3 is 2.61 bits per heavy atom. The number of hydrogen-bond acceptors (Lipinski definition) is 2. The average Bonchev–Trinajstić information content (AvgIpc) is 2.22. The third-order valence-electron chi connectivity index (χ3n) is 2.44. The fraction of sp³-hybridized carbons (Fsp3) is 0.333. The molecule has 0 bridgehead atoms. The molecule has 1 aromatic carbocycles. The van der Waals surface area contributed by atoms with Gasteiger partial charge >= 0.3 is 0 Å². The van der Waals surface area contributed by atoms with E-state index >= 15 is 0 Å². The van der Waals surface area contributed by atoms with Crippen molar-refractivity contribution < 1.29 is 9.18 Å². The maximum Gasteiger partial charge on any atom is 0.234 e. The number of carbonyl (C=O) groups is 1. The van der Waals surface area contributed by atoms with E-state index in [1.165, 1.54) is 12.1 Å². The van der Waals surface area contributed by atoms with E-state index in [9.17, 15) is 9.18 Å². The number of carbonyl (C=O) groups excluding carboxylic acids is 1. The Bertz CT molecular complexity index is 479. The van der Waals surface area contributed by atoms with Crippen molar-refractivity contribution in [1.82, 2.24) is 0 Å². The van der Waals surface area contributed by atoms with E-state index < -0.39 is 11.7 Å². The second-order valence-corrected chi connectivity index (χ2v) is 5.12. The lowest BCUT2D eigenvalue weighted by Gasteiger charge is -2.19. The molecule has 0 aliphatic rings. The van der Waals surface area contributed by atoms with E-state index in [4.69, 9.17) is 29.6 Å². The Morgan fingerprint density at radius 1 is 1.50 bits per heavy atom. The van der Waals surface area contributed by atoms with Crippen LogP contribution in [0.25, 0.3) is 0 Å². The zero-order chi connectivity index (χ0) is 13.9. The average molecular weight is 289 g/mol. The number of nitrogens with two attached hydrogens (primary N) is 1. The normalized spacial score (nSPS) is 12.3. The van der Waals surface area contributed by atoms with Gasteiger partial charge in [0.05, 0.1) is 21.6 Å². The van der Waals surface area contributed by atoms with Gasteiger partial charge in [-0.15, -0.1) is 0 Å². The largest absolute Gasteiger partial charge is 0.393 e. The highest BCUT2D eigenvalue weighted by Crippen LogP contribution is 2.24. The molecular formula is C12H14ClFN2OS. The molecule has 3 nitrogen and oxygen atoms in total. The summed E-state index contributed by atoms with van der Waals surface area (Å²) < 4.78 is 13.1. The van der Waals surface area contributed by atoms with Crippen molar-refractivity contribution in [1.29, 1.82) is 0 Å². The van der Waals surface area contributed by atoms with Crippen molar-refractivity contribution in [2.24, 2.45) is 17.6 Å². The first-order chi connectivity index (χ1) is 8.32. The Morgan fingerprint density at radius 2 is 2.11 bits per heavy atom. The molecule has 1 aromatic rings. The van der Waals surface area contributed by atoms with Gasteiger partial charge < -0.3 is 11.1 Å². The summed E-state index contributed by atoms with van der Waals surface area (Å²) in [5.74, 6) is -1.52. The molecule has 0 saturated carbocycles. The molecule has 0 saturated heterocycles. The minimum absolute atomic E-state index is 0.0464. The van der Waals surface area contributed by atoms with Crippen LogP contribution in [0.2, 0.25) is 5.02 Å². The van der Waals surface area contributed by atoms with Crippen LogP contribution in [0.15, 0.2) is 18.2 Å². The summed E-state index contributed by atoms with van der Waals surface area (Å²) in [6.07, 6.45) is 0. The first-order valence-corrected chi connectivity index (χ1v) is 6.16. The molecular weight excluding hydrogens is 275 g/mol. The van der Waals surface area contributed by atoms with Crippen molar-refractivity contribution >= 4 is 40.4 Å². The minimum atomic E-state index is -0.612. The monoisotopic (exact) mass is 288 g/mol. The van der Waals surface area contributed by atoms with Gasteiger partial charge in [-0.1, -0.05) is 37.7 Å². The first-order valence-electron chi connectivity index (χ1n) is 5.38. The number of rotatable bonds is 4. The van der Waals surface area contributed by atoms with Gasteiger partial charge in [0.2, 0.25) is 5.91 Å². The zero-order valence-corrected chi connectivity index (χ0v) is 11.6. The summed E-state index contributed by atoms with van der Waals surface area (Å²) in [6, 6.07) is 3.74. The van der Waals surface area contributed by atoms with E-state index in [0.717, 1.165) is 6.07 Å². The molecule has 6 heteroatoms. The third kappa shape index (κ3) is 3.65. The smallest absolute Gasteiger partial charge is 0.234 e. The van der Waals surface area contributed by atoms with E-state index in [1.54, 1.807) is 0 Å². The van der Waals surface area contributed by atoms with Gasteiger partial charge in [-0.3, -0.25) is 4.79 Å². The predicted octanol–water partition coefficient (Wildman–Crippen LogP) is 2.98. The van der Waals surface area contributed by atoms with E-state index in [0.29, 0.717) is 0 Å². The SMILES string of the molecule is CC(C)C(C(=O)Nc1cc(F)ccc1Cl)C(N)=S. The summed E-state index contributed by atoms with van der Waals surface area (Å²) in [5, 5.41) is 2.79. The van der Waals surface area contributed by atoms with Crippen molar-refractivity contribution in [3.63, 3.8) is 0 Å². The topological polar surface area (TPSA) is 55.1 Å². The van der Waals surface area contributed by atoms with Gasteiger partial charge in [-0.25, -0.2) is 4.39 Å². The molecule has 0 heterocycles. The lowest BCUT2D eigenvalue weighted by molar-refractivity contribution is -0.118. The quantitative estimate of drug-likeness (QED) is 0.838. The predicted molar refractivity (Wildman–Crippen MR) is 75.2 cm³/mol. The Balaban J connectivity index is 2.92. The van der Waals surface area contributed by atoms with E-state index in [1.807, 2.05) is 13.8 Å². The van der Waals surface area contributed by atoms with Crippen LogP contribution >= 0.6 is 23.8 Å². The maximum absolute atomic E-state index is 13.1. The number of nitrogens with one attached hydrogen (secondary N) is 1. The maximum atomic E-state index is 13.1. The molecule has 3 N–H and O–H groups in total. The molecule has 1 unspecified atom stereocenters. The van der Waals surface area contributed by atoms with Gasteiger partial charge in [0.1, 0.15) is 5.82 Å². The number of halogens is 2. The van der Waals surface area contributed by atoms with Crippen molar-refractivity contribution in [2.45, 2.75) is 13.8 Å². The van der Waals surface area contributed by atoms with Crippen molar-refractivity contribution in [3.8, 4) is 0 Å². The van der Waals surface area contributed by atoms with E-state index in [2.05, 4.69) is 5.32 Å². The fourth-order valence-corrected chi connectivity index (χ4v) is 2.11. The number of amides is 1. The van der Waals surface area contributed by atoms with Gasteiger partial charge in [-0.2, -0.15) is 0 Å². The summed E-state index contributed by atoms with van der Waals surface area (Å²) in [5.41, 5.74) is 5.74. The summed E-state index contributed by atoms with van der Waals surface area (Å²) >= 11 is 10.7. The third-order valence-corrected chi connectivity index (χ3v) is 3.03. The molecule has 1 atom stereocenters.